The lowest BCUT2D eigenvalue weighted by molar-refractivity contribution is -0.143. The van der Waals surface area contributed by atoms with Gasteiger partial charge in [0.25, 0.3) is 0 Å². The van der Waals surface area contributed by atoms with E-state index in [1.165, 1.54) is 25.3 Å². The molecular weight excluding hydrogens is 349 g/mol. The Morgan fingerprint density at radius 2 is 2.04 bits per heavy atom. The van der Waals surface area contributed by atoms with Gasteiger partial charge in [0.1, 0.15) is 17.6 Å². The van der Waals surface area contributed by atoms with Crippen LogP contribution in [0.1, 0.15) is 23.7 Å². The van der Waals surface area contributed by atoms with E-state index in [9.17, 15) is 14.3 Å². The van der Waals surface area contributed by atoms with Crippen LogP contribution in [0.15, 0.2) is 36.5 Å². The van der Waals surface area contributed by atoms with Crippen LogP contribution in [0.25, 0.3) is 0 Å². The average molecular weight is 373 g/mol. The maximum Gasteiger partial charge on any atom is 0.325 e. The van der Waals surface area contributed by atoms with Crippen LogP contribution in [0.3, 0.4) is 0 Å². The van der Waals surface area contributed by atoms with Crippen LogP contribution in [-0.4, -0.2) is 54.2 Å². The topological polar surface area (TPSA) is 65.9 Å². The molecule has 0 bridgehead atoms. The molecule has 144 valence electrons. The summed E-state index contributed by atoms with van der Waals surface area (Å²) < 4.78 is 19.1. The molecule has 27 heavy (non-hydrogen) atoms. The first-order valence-electron chi connectivity index (χ1n) is 8.97. The van der Waals surface area contributed by atoms with Gasteiger partial charge < -0.3 is 14.7 Å². The van der Waals surface area contributed by atoms with Gasteiger partial charge in [0.05, 0.1) is 7.11 Å². The molecule has 0 saturated carbocycles. The van der Waals surface area contributed by atoms with Gasteiger partial charge in [-0.3, -0.25) is 14.7 Å². The lowest BCUT2D eigenvalue weighted by Gasteiger charge is -2.29. The molecule has 3 rings (SSSR count). The van der Waals surface area contributed by atoms with Crippen molar-refractivity contribution >= 4 is 11.7 Å². The molecule has 1 N–H and O–H groups in total. The number of ether oxygens (including phenoxy) is 1. The van der Waals surface area contributed by atoms with Gasteiger partial charge in [0, 0.05) is 49.3 Å². The van der Waals surface area contributed by atoms with Crippen molar-refractivity contribution in [2.45, 2.75) is 19.4 Å². The van der Waals surface area contributed by atoms with E-state index in [0.29, 0.717) is 30.9 Å². The Kier molecular flexibility index (Phi) is 5.91. The number of halogens is 1. The monoisotopic (exact) mass is 373 g/mol. The summed E-state index contributed by atoms with van der Waals surface area (Å²) in [4.78, 5) is 20.4. The van der Waals surface area contributed by atoms with E-state index < -0.39 is 17.8 Å². The lowest BCUT2D eigenvalue weighted by atomic mass is 10.0. The van der Waals surface area contributed by atoms with Crippen molar-refractivity contribution in [3.8, 4) is 5.75 Å². The van der Waals surface area contributed by atoms with E-state index in [1.807, 2.05) is 24.0 Å². The highest BCUT2D eigenvalue weighted by Crippen LogP contribution is 2.31. The molecule has 1 aliphatic heterocycles. The van der Waals surface area contributed by atoms with E-state index in [1.54, 1.807) is 6.20 Å². The fourth-order valence-corrected chi connectivity index (χ4v) is 3.59. The smallest absolute Gasteiger partial charge is 0.325 e. The van der Waals surface area contributed by atoms with Crippen molar-refractivity contribution in [1.82, 2.24) is 9.88 Å². The minimum absolute atomic E-state index is 0.346. The molecule has 1 unspecified atom stereocenters. The summed E-state index contributed by atoms with van der Waals surface area (Å²) in [5.41, 5.74) is 2.37. The SMILES string of the molecule is COc1ccc(F)cc1C(C(=O)O)N1CCCN(c2ccnc(C)c2)CC1. The van der Waals surface area contributed by atoms with Crippen LogP contribution in [0.5, 0.6) is 5.75 Å². The summed E-state index contributed by atoms with van der Waals surface area (Å²) in [7, 11) is 1.46. The molecule has 2 aromatic rings. The first-order chi connectivity index (χ1) is 13.0. The molecule has 1 aliphatic rings. The van der Waals surface area contributed by atoms with Crippen molar-refractivity contribution in [1.29, 1.82) is 0 Å². The number of anilines is 1. The molecule has 1 atom stereocenters. The summed E-state index contributed by atoms with van der Waals surface area (Å²) in [5, 5.41) is 9.86. The van der Waals surface area contributed by atoms with E-state index in [2.05, 4.69) is 9.88 Å². The van der Waals surface area contributed by atoms with E-state index in [-0.39, 0.29) is 0 Å². The second-order valence-corrected chi connectivity index (χ2v) is 6.66. The fraction of sp³-hybridized carbons (Fsp3) is 0.400. The van der Waals surface area contributed by atoms with Gasteiger partial charge >= 0.3 is 5.97 Å². The number of benzene rings is 1. The highest BCUT2D eigenvalue weighted by molar-refractivity contribution is 5.76. The third kappa shape index (κ3) is 4.36. The Morgan fingerprint density at radius 3 is 2.74 bits per heavy atom. The Bertz CT molecular complexity index is 815. The Labute approximate surface area is 158 Å². The zero-order valence-electron chi connectivity index (χ0n) is 15.6. The number of hydrogen-bond acceptors (Lipinski definition) is 5. The fourth-order valence-electron chi connectivity index (χ4n) is 3.59. The summed E-state index contributed by atoms with van der Waals surface area (Å²) in [6, 6.07) is 7.05. The largest absolute Gasteiger partial charge is 0.496 e. The number of carboxylic acid groups (broad SMARTS) is 1. The van der Waals surface area contributed by atoms with Crippen molar-refractivity contribution in [2.75, 3.05) is 38.2 Å². The van der Waals surface area contributed by atoms with Crippen LogP contribution in [0.2, 0.25) is 0 Å². The minimum atomic E-state index is -1.01. The van der Waals surface area contributed by atoms with E-state index in [4.69, 9.17) is 4.74 Å². The zero-order chi connectivity index (χ0) is 19.4. The molecule has 0 spiro atoms. The third-order valence-corrected chi connectivity index (χ3v) is 4.86. The predicted molar refractivity (Wildman–Crippen MR) is 101 cm³/mol. The normalized spacial score (nSPS) is 16.6. The Hall–Kier alpha value is -2.67. The van der Waals surface area contributed by atoms with Gasteiger partial charge in [-0.15, -0.1) is 0 Å². The number of rotatable bonds is 5. The van der Waals surface area contributed by atoms with Crippen molar-refractivity contribution in [3.05, 3.63) is 53.6 Å². The molecular formula is C20H24FN3O3. The molecule has 0 aliphatic carbocycles. The average Bonchev–Trinajstić information content (AvgIpc) is 2.88. The van der Waals surface area contributed by atoms with Crippen molar-refractivity contribution in [3.63, 3.8) is 0 Å². The molecule has 2 heterocycles. The number of aliphatic carboxylic acids is 1. The number of pyridine rings is 1. The summed E-state index contributed by atoms with van der Waals surface area (Å²) in [6.07, 6.45) is 2.59. The number of aryl methyl sites for hydroxylation is 1. The molecule has 6 nitrogen and oxygen atoms in total. The number of methoxy groups -OCH3 is 1. The van der Waals surface area contributed by atoms with Crippen LogP contribution in [0.4, 0.5) is 10.1 Å². The summed E-state index contributed by atoms with van der Waals surface area (Å²) in [5.74, 6) is -1.09. The molecule has 1 aromatic carbocycles. The minimum Gasteiger partial charge on any atom is -0.496 e. The maximum absolute atomic E-state index is 13.8. The van der Waals surface area contributed by atoms with Gasteiger partial charge in [-0.25, -0.2) is 4.39 Å². The molecule has 1 aromatic heterocycles. The number of hydrogen-bond donors (Lipinski definition) is 1. The van der Waals surface area contributed by atoms with Gasteiger partial charge in [-0.1, -0.05) is 0 Å². The molecule has 0 amide bonds. The van der Waals surface area contributed by atoms with Crippen molar-refractivity contribution in [2.24, 2.45) is 0 Å². The third-order valence-electron chi connectivity index (χ3n) is 4.86. The zero-order valence-corrected chi connectivity index (χ0v) is 15.6. The van der Waals surface area contributed by atoms with Crippen LogP contribution in [0, 0.1) is 12.7 Å². The Morgan fingerprint density at radius 1 is 1.22 bits per heavy atom. The van der Waals surface area contributed by atoms with Crippen LogP contribution >= 0.6 is 0 Å². The van der Waals surface area contributed by atoms with Gasteiger partial charge in [0.2, 0.25) is 0 Å². The first-order valence-corrected chi connectivity index (χ1v) is 8.97. The summed E-state index contributed by atoms with van der Waals surface area (Å²) in [6.45, 7) is 4.62. The number of carbonyl (C=O) groups is 1. The van der Waals surface area contributed by atoms with Gasteiger partial charge in [-0.2, -0.15) is 0 Å². The quantitative estimate of drug-likeness (QED) is 0.869. The first kappa shape index (κ1) is 19.1. The molecule has 1 saturated heterocycles. The van der Waals surface area contributed by atoms with Crippen LogP contribution < -0.4 is 9.64 Å². The van der Waals surface area contributed by atoms with Gasteiger partial charge in [-0.05, 0) is 43.7 Å². The van der Waals surface area contributed by atoms with E-state index >= 15 is 0 Å². The Balaban J connectivity index is 1.83. The standard InChI is InChI=1S/C20H24FN3O3/c1-14-12-16(6-7-22-14)23-8-3-9-24(11-10-23)19(20(25)26)17-13-15(21)4-5-18(17)27-2/h4-7,12-13,19H,3,8-11H2,1-2H3,(H,25,26). The van der Waals surface area contributed by atoms with Gasteiger partial charge in [0.15, 0.2) is 0 Å². The molecule has 0 radical (unpaired) electrons. The summed E-state index contributed by atoms with van der Waals surface area (Å²) >= 11 is 0. The highest BCUT2D eigenvalue weighted by atomic mass is 19.1. The lowest BCUT2D eigenvalue weighted by Crippen LogP contribution is -2.37. The molecule has 7 heteroatoms. The highest BCUT2D eigenvalue weighted by Gasteiger charge is 2.31. The second-order valence-electron chi connectivity index (χ2n) is 6.66. The van der Waals surface area contributed by atoms with Crippen molar-refractivity contribution < 1.29 is 19.0 Å². The second kappa shape index (κ2) is 8.35. The van der Waals surface area contributed by atoms with Crippen LogP contribution in [-0.2, 0) is 4.79 Å². The maximum atomic E-state index is 13.8. The molecule has 1 fully saturated rings. The number of carboxylic acids is 1. The predicted octanol–water partition coefficient (Wildman–Crippen LogP) is 2.88. The number of nitrogens with zero attached hydrogens (tertiary/aromatic N) is 3. The number of aromatic nitrogens is 1. The van der Waals surface area contributed by atoms with E-state index in [0.717, 1.165) is 24.3 Å².